The van der Waals surface area contributed by atoms with Gasteiger partial charge in [0.05, 0.1) is 5.60 Å². The summed E-state index contributed by atoms with van der Waals surface area (Å²) >= 11 is 0. The van der Waals surface area contributed by atoms with Crippen LogP contribution in [0.15, 0.2) is 30.3 Å². The first-order chi connectivity index (χ1) is 6.94. The van der Waals surface area contributed by atoms with Crippen LogP contribution in [-0.4, -0.2) is 5.11 Å². The first-order valence-electron chi connectivity index (χ1n) is 5.72. The third kappa shape index (κ3) is 1.81. The highest BCUT2D eigenvalue weighted by molar-refractivity contribution is 5.25. The quantitative estimate of drug-likeness (QED) is 0.744. The van der Waals surface area contributed by atoms with Crippen molar-refractivity contribution in [1.82, 2.24) is 0 Å². The Morgan fingerprint density at radius 2 is 1.80 bits per heavy atom. The van der Waals surface area contributed by atoms with Gasteiger partial charge >= 0.3 is 0 Å². The lowest BCUT2D eigenvalue weighted by molar-refractivity contribution is -0.000839. The first kappa shape index (κ1) is 10.7. The SMILES string of the molecule is C[C@H]1CC(C)(C)C[C@@]1(O)c1ccccc1. The second kappa shape index (κ2) is 3.34. The highest BCUT2D eigenvalue weighted by Crippen LogP contribution is 2.52. The van der Waals surface area contributed by atoms with Crippen LogP contribution in [0, 0.1) is 11.3 Å². The van der Waals surface area contributed by atoms with Crippen LogP contribution in [0.2, 0.25) is 0 Å². The highest BCUT2D eigenvalue weighted by atomic mass is 16.3. The van der Waals surface area contributed by atoms with Crippen molar-refractivity contribution in [2.24, 2.45) is 11.3 Å². The fraction of sp³-hybridized carbons (Fsp3) is 0.571. The zero-order valence-electron chi connectivity index (χ0n) is 9.83. The zero-order chi connectivity index (χ0) is 11.1. The Balaban J connectivity index is 2.36. The van der Waals surface area contributed by atoms with Crippen LogP contribution in [0.3, 0.4) is 0 Å². The van der Waals surface area contributed by atoms with Crippen molar-refractivity contribution in [1.29, 1.82) is 0 Å². The summed E-state index contributed by atoms with van der Waals surface area (Å²) in [6.45, 7) is 6.64. The van der Waals surface area contributed by atoms with Crippen LogP contribution < -0.4 is 0 Å². The Morgan fingerprint density at radius 3 is 2.27 bits per heavy atom. The molecule has 0 radical (unpaired) electrons. The van der Waals surface area contributed by atoms with Gasteiger partial charge < -0.3 is 5.11 Å². The van der Waals surface area contributed by atoms with E-state index in [1.54, 1.807) is 0 Å². The lowest BCUT2D eigenvalue weighted by Crippen LogP contribution is -2.28. The minimum atomic E-state index is -0.620. The zero-order valence-corrected chi connectivity index (χ0v) is 9.83. The highest BCUT2D eigenvalue weighted by Gasteiger charge is 2.48. The molecule has 15 heavy (non-hydrogen) atoms. The number of benzene rings is 1. The summed E-state index contributed by atoms with van der Waals surface area (Å²) in [6, 6.07) is 10.1. The summed E-state index contributed by atoms with van der Waals surface area (Å²) < 4.78 is 0. The van der Waals surface area contributed by atoms with Gasteiger partial charge in [0.1, 0.15) is 0 Å². The van der Waals surface area contributed by atoms with Crippen molar-refractivity contribution >= 4 is 0 Å². The van der Waals surface area contributed by atoms with Crippen LogP contribution in [0.5, 0.6) is 0 Å². The van der Waals surface area contributed by atoms with E-state index >= 15 is 0 Å². The van der Waals surface area contributed by atoms with Crippen LogP contribution in [-0.2, 0) is 5.60 Å². The third-order valence-electron chi connectivity index (χ3n) is 3.70. The maximum absolute atomic E-state index is 10.8. The molecule has 2 atom stereocenters. The lowest BCUT2D eigenvalue weighted by atomic mass is 9.84. The summed E-state index contributed by atoms with van der Waals surface area (Å²) in [4.78, 5) is 0. The molecule has 1 aromatic rings. The lowest BCUT2D eigenvalue weighted by Gasteiger charge is -2.29. The van der Waals surface area contributed by atoms with E-state index < -0.39 is 5.60 Å². The van der Waals surface area contributed by atoms with Crippen LogP contribution >= 0.6 is 0 Å². The van der Waals surface area contributed by atoms with E-state index in [-0.39, 0.29) is 5.41 Å². The van der Waals surface area contributed by atoms with Crippen molar-refractivity contribution in [3.63, 3.8) is 0 Å². The molecule has 0 saturated heterocycles. The maximum Gasteiger partial charge on any atom is 0.0927 e. The Labute approximate surface area is 92.1 Å². The normalized spacial score (nSPS) is 34.3. The summed E-state index contributed by atoms with van der Waals surface area (Å²) in [5.74, 6) is 0.342. The van der Waals surface area contributed by atoms with Crippen molar-refractivity contribution in [3.8, 4) is 0 Å². The van der Waals surface area contributed by atoms with Crippen LogP contribution in [0.4, 0.5) is 0 Å². The molecule has 1 fully saturated rings. The van der Waals surface area contributed by atoms with Crippen molar-refractivity contribution in [2.45, 2.75) is 39.2 Å². The summed E-state index contributed by atoms with van der Waals surface area (Å²) in [6.07, 6.45) is 1.96. The van der Waals surface area contributed by atoms with E-state index in [0.717, 1.165) is 18.4 Å². The topological polar surface area (TPSA) is 20.2 Å². The molecular weight excluding hydrogens is 184 g/mol. The van der Waals surface area contributed by atoms with E-state index in [9.17, 15) is 5.11 Å². The van der Waals surface area contributed by atoms with E-state index in [2.05, 4.69) is 20.8 Å². The summed E-state index contributed by atoms with van der Waals surface area (Å²) in [5.41, 5.74) is 0.706. The monoisotopic (exact) mass is 204 g/mol. The number of hydrogen-bond acceptors (Lipinski definition) is 1. The van der Waals surface area contributed by atoms with E-state index in [1.165, 1.54) is 0 Å². The molecule has 1 aliphatic carbocycles. The van der Waals surface area contributed by atoms with Gasteiger partial charge in [0, 0.05) is 0 Å². The third-order valence-corrected chi connectivity index (χ3v) is 3.70. The van der Waals surface area contributed by atoms with Crippen molar-refractivity contribution < 1.29 is 5.11 Å². The minimum absolute atomic E-state index is 0.254. The Kier molecular flexibility index (Phi) is 2.38. The first-order valence-corrected chi connectivity index (χ1v) is 5.72. The van der Waals surface area contributed by atoms with Gasteiger partial charge in [0.2, 0.25) is 0 Å². The van der Waals surface area contributed by atoms with E-state index in [1.807, 2.05) is 30.3 Å². The standard InChI is InChI=1S/C14H20O/c1-11-9-13(2,3)10-14(11,15)12-7-5-4-6-8-12/h4-8,11,15H,9-10H2,1-3H3/t11-,14-/m0/s1. The van der Waals surface area contributed by atoms with Gasteiger partial charge in [-0.15, -0.1) is 0 Å². The molecule has 1 aliphatic rings. The van der Waals surface area contributed by atoms with Gasteiger partial charge in [-0.1, -0.05) is 51.1 Å². The number of hydrogen-bond donors (Lipinski definition) is 1. The second-order valence-corrected chi connectivity index (χ2v) is 5.74. The van der Waals surface area contributed by atoms with Crippen LogP contribution in [0.25, 0.3) is 0 Å². The maximum atomic E-state index is 10.8. The minimum Gasteiger partial charge on any atom is -0.385 e. The molecule has 1 heteroatoms. The average Bonchev–Trinajstić information content (AvgIpc) is 2.38. The largest absolute Gasteiger partial charge is 0.385 e. The van der Waals surface area contributed by atoms with Gasteiger partial charge in [0.15, 0.2) is 0 Å². The van der Waals surface area contributed by atoms with Gasteiger partial charge in [-0.3, -0.25) is 0 Å². The van der Waals surface area contributed by atoms with Gasteiger partial charge in [0.25, 0.3) is 0 Å². The molecule has 82 valence electrons. The molecule has 0 aliphatic heterocycles. The van der Waals surface area contributed by atoms with E-state index in [0.29, 0.717) is 5.92 Å². The molecule has 1 aromatic carbocycles. The van der Waals surface area contributed by atoms with E-state index in [4.69, 9.17) is 0 Å². The van der Waals surface area contributed by atoms with Crippen LogP contribution in [0.1, 0.15) is 39.2 Å². The van der Waals surface area contributed by atoms with Crippen molar-refractivity contribution in [2.75, 3.05) is 0 Å². The Hall–Kier alpha value is -0.820. The fourth-order valence-corrected chi connectivity index (χ4v) is 3.09. The molecule has 1 saturated carbocycles. The summed E-state index contributed by atoms with van der Waals surface area (Å²) in [7, 11) is 0. The Bertz CT molecular complexity index is 342. The molecule has 1 nitrogen and oxygen atoms in total. The molecule has 2 rings (SSSR count). The fourth-order valence-electron chi connectivity index (χ4n) is 3.09. The molecule has 0 bridgehead atoms. The molecule has 0 heterocycles. The number of rotatable bonds is 1. The smallest absolute Gasteiger partial charge is 0.0927 e. The van der Waals surface area contributed by atoms with Crippen molar-refractivity contribution in [3.05, 3.63) is 35.9 Å². The van der Waals surface area contributed by atoms with Gasteiger partial charge in [-0.2, -0.15) is 0 Å². The predicted octanol–water partition coefficient (Wildman–Crippen LogP) is 3.33. The molecular formula is C14H20O. The molecule has 0 amide bonds. The van der Waals surface area contributed by atoms with Gasteiger partial charge in [-0.25, -0.2) is 0 Å². The molecule has 0 spiro atoms. The Morgan fingerprint density at radius 1 is 1.20 bits per heavy atom. The second-order valence-electron chi connectivity index (χ2n) is 5.74. The predicted molar refractivity (Wildman–Crippen MR) is 62.5 cm³/mol. The molecule has 0 aromatic heterocycles. The average molecular weight is 204 g/mol. The number of aliphatic hydroxyl groups is 1. The summed E-state index contributed by atoms with van der Waals surface area (Å²) in [5, 5.41) is 10.8. The molecule has 1 N–H and O–H groups in total. The van der Waals surface area contributed by atoms with Gasteiger partial charge in [-0.05, 0) is 29.7 Å². The molecule has 0 unspecified atom stereocenters.